The summed E-state index contributed by atoms with van der Waals surface area (Å²) in [4.78, 5) is 11.5. The number of methoxy groups -OCH3 is 1. The topological polar surface area (TPSA) is 35.5 Å². The van der Waals surface area contributed by atoms with Gasteiger partial charge in [0.25, 0.3) is 0 Å². The van der Waals surface area contributed by atoms with Gasteiger partial charge in [0.1, 0.15) is 5.60 Å². The van der Waals surface area contributed by atoms with Crippen LogP contribution in [0, 0.1) is 23.7 Å². The van der Waals surface area contributed by atoms with Crippen molar-refractivity contribution in [3.63, 3.8) is 0 Å². The molecular weight excluding hydrogens is 216 g/mol. The molecule has 0 radical (unpaired) electrons. The molecule has 0 aromatic carbocycles. The molecule has 17 heavy (non-hydrogen) atoms. The van der Waals surface area contributed by atoms with E-state index in [1.807, 2.05) is 6.08 Å². The Morgan fingerprint density at radius 2 is 1.71 bits per heavy atom. The predicted octanol–water partition coefficient (Wildman–Crippen LogP) is 3.15. The van der Waals surface area contributed by atoms with Gasteiger partial charge in [0, 0.05) is 11.8 Å². The van der Waals surface area contributed by atoms with Gasteiger partial charge in [-0.3, -0.25) is 0 Å². The molecule has 4 bridgehead atoms. The van der Waals surface area contributed by atoms with Crippen molar-refractivity contribution in [1.82, 2.24) is 0 Å². The van der Waals surface area contributed by atoms with Gasteiger partial charge in [-0.2, -0.15) is 0 Å². The van der Waals surface area contributed by atoms with Gasteiger partial charge in [0.05, 0.1) is 7.11 Å². The van der Waals surface area contributed by atoms with E-state index < -0.39 is 11.8 Å². The summed E-state index contributed by atoms with van der Waals surface area (Å²) < 4.78 is 10.3. The summed E-state index contributed by atoms with van der Waals surface area (Å²) in [6, 6.07) is 0. The monoisotopic (exact) mass is 236 g/mol. The Bertz CT molecular complexity index is 319. The normalized spacial score (nSPS) is 46.6. The molecule has 0 saturated heterocycles. The van der Waals surface area contributed by atoms with Crippen LogP contribution in [0.5, 0.6) is 0 Å². The number of hydrogen-bond acceptors (Lipinski definition) is 3. The van der Waals surface area contributed by atoms with E-state index in [9.17, 15) is 4.79 Å². The summed E-state index contributed by atoms with van der Waals surface area (Å²) in [5.41, 5.74) is -0.444. The highest BCUT2D eigenvalue weighted by molar-refractivity contribution is 5.61. The SMILES string of the molecule is C=CC1(OC(=O)OC)C2CC3CC(C2)CC1C3. The molecule has 0 aromatic heterocycles. The number of carbonyl (C=O) groups excluding carboxylic acids is 1. The lowest BCUT2D eigenvalue weighted by molar-refractivity contribution is -0.155. The van der Waals surface area contributed by atoms with Gasteiger partial charge < -0.3 is 9.47 Å². The Kier molecular flexibility index (Phi) is 2.46. The van der Waals surface area contributed by atoms with E-state index in [-0.39, 0.29) is 0 Å². The van der Waals surface area contributed by atoms with Crippen LogP contribution in [-0.4, -0.2) is 18.9 Å². The van der Waals surface area contributed by atoms with E-state index in [1.165, 1.54) is 39.2 Å². The van der Waals surface area contributed by atoms with Crippen molar-refractivity contribution in [3.05, 3.63) is 12.7 Å². The molecule has 0 atom stereocenters. The molecule has 0 heterocycles. The van der Waals surface area contributed by atoms with Gasteiger partial charge in [-0.25, -0.2) is 4.79 Å². The number of hydrogen-bond donors (Lipinski definition) is 0. The molecule has 4 rings (SSSR count). The molecule has 0 unspecified atom stereocenters. The van der Waals surface area contributed by atoms with Gasteiger partial charge in [-0.05, 0) is 50.0 Å². The maximum absolute atomic E-state index is 11.5. The van der Waals surface area contributed by atoms with Crippen LogP contribution in [0.3, 0.4) is 0 Å². The standard InChI is InChI=1S/C14H20O3/c1-3-14(17-13(15)16-2)11-5-9-4-10(7-11)8-12(14)6-9/h3,9-12H,1,4-8H2,2H3. The first-order valence-corrected chi connectivity index (χ1v) is 6.58. The molecule has 4 aliphatic rings. The number of rotatable bonds is 2. The quantitative estimate of drug-likeness (QED) is 0.545. The average molecular weight is 236 g/mol. The van der Waals surface area contributed by atoms with Gasteiger partial charge in [0.15, 0.2) is 0 Å². The van der Waals surface area contributed by atoms with E-state index in [1.54, 1.807) is 0 Å². The summed E-state index contributed by atoms with van der Waals surface area (Å²) in [5, 5.41) is 0. The third kappa shape index (κ3) is 1.51. The Balaban J connectivity index is 1.89. The molecule has 0 amide bonds. The summed E-state index contributed by atoms with van der Waals surface area (Å²) in [5.74, 6) is 2.64. The third-order valence-electron chi connectivity index (χ3n) is 5.16. The summed E-state index contributed by atoms with van der Waals surface area (Å²) in [7, 11) is 1.37. The van der Waals surface area contributed by atoms with Crippen LogP contribution in [0.1, 0.15) is 32.1 Å². The highest BCUT2D eigenvalue weighted by Gasteiger charge is 2.58. The number of carbonyl (C=O) groups is 1. The summed E-state index contributed by atoms with van der Waals surface area (Å²) >= 11 is 0. The van der Waals surface area contributed by atoms with Crippen LogP contribution in [0.25, 0.3) is 0 Å². The third-order valence-corrected chi connectivity index (χ3v) is 5.16. The molecule has 0 aromatic rings. The van der Waals surface area contributed by atoms with E-state index >= 15 is 0 Å². The minimum Gasteiger partial charge on any atom is -0.438 e. The van der Waals surface area contributed by atoms with Crippen molar-refractivity contribution in [1.29, 1.82) is 0 Å². The van der Waals surface area contributed by atoms with Crippen molar-refractivity contribution in [3.8, 4) is 0 Å². The maximum Gasteiger partial charge on any atom is 0.508 e. The minimum atomic E-state index is -0.558. The van der Waals surface area contributed by atoms with Crippen molar-refractivity contribution in [2.24, 2.45) is 23.7 Å². The zero-order valence-corrected chi connectivity index (χ0v) is 10.4. The molecule has 4 aliphatic carbocycles. The molecule has 3 nitrogen and oxygen atoms in total. The van der Waals surface area contributed by atoms with Crippen LogP contribution in [-0.2, 0) is 9.47 Å². The Morgan fingerprint density at radius 3 is 2.12 bits per heavy atom. The lowest BCUT2D eigenvalue weighted by Crippen LogP contribution is -2.58. The summed E-state index contributed by atoms with van der Waals surface area (Å²) in [6.45, 7) is 3.93. The molecule has 94 valence electrons. The molecule has 0 spiro atoms. The Hall–Kier alpha value is -0.990. The fraction of sp³-hybridized carbons (Fsp3) is 0.786. The van der Waals surface area contributed by atoms with E-state index in [0.29, 0.717) is 11.8 Å². The van der Waals surface area contributed by atoms with Gasteiger partial charge in [0.2, 0.25) is 0 Å². The molecule has 3 heteroatoms. The van der Waals surface area contributed by atoms with Crippen LogP contribution >= 0.6 is 0 Å². The van der Waals surface area contributed by atoms with Crippen molar-refractivity contribution < 1.29 is 14.3 Å². The lowest BCUT2D eigenvalue weighted by Gasteiger charge is -2.58. The molecule has 4 fully saturated rings. The predicted molar refractivity (Wildman–Crippen MR) is 63.5 cm³/mol. The summed E-state index contributed by atoms with van der Waals surface area (Å²) in [6.07, 6.45) is 7.46. The molecule has 0 aliphatic heterocycles. The zero-order valence-electron chi connectivity index (χ0n) is 10.4. The minimum absolute atomic E-state index is 0.444. The van der Waals surface area contributed by atoms with E-state index in [0.717, 1.165) is 11.8 Å². The fourth-order valence-electron chi connectivity index (χ4n) is 4.65. The molecule has 4 saturated carbocycles. The second-order valence-electron chi connectivity index (χ2n) is 5.92. The Morgan fingerprint density at radius 1 is 1.18 bits per heavy atom. The lowest BCUT2D eigenvalue weighted by atomic mass is 9.50. The van der Waals surface area contributed by atoms with Crippen LogP contribution in [0.2, 0.25) is 0 Å². The largest absolute Gasteiger partial charge is 0.508 e. The zero-order chi connectivity index (χ0) is 12.0. The van der Waals surface area contributed by atoms with Crippen molar-refractivity contribution in [2.75, 3.05) is 7.11 Å². The molecule has 0 N–H and O–H groups in total. The Labute approximate surface area is 102 Å². The van der Waals surface area contributed by atoms with Gasteiger partial charge in [-0.15, -0.1) is 0 Å². The van der Waals surface area contributed by atoms with E-state index in [2.05, 4.69) is 11.3 Å². The van der Waals surface area contributed by atoms with E-state index in [4.69, 9.17) is 4.74 Å². The average Bonchev–Trinajstić information content (AvgIpc) is 2.33. The molecular formula is C14H20O3. The van der Waals surface area contributed by atoms with Crippen LogP contribution in [0.15, 0.2) is 12.7 Å². The van der Waals surface area contributed by atoms with Gasteiger partial charge in [-0.1, -0.05) is 6.58 Å². The van der Waals surface area contributed by atoms with Gasteiger partial charge >= 0.3 is 6.16 Å². The second kappa shape index (κ2) is 3.76. The smallest absolute Gasteiger partial charge is 0.438 e. The highest BCUT2D eigenvalue weighted by atomic mass is 16.7. The fourth-order valence-corrected chi connectivity index (χ4v) is 4.65. The first-order chi connectivity index (χ1) is 8.18. The first kappa shape index (κ1) is 11.1. The number of ether oxygens (including phenoxy) is 2. The second-order valence-corrected chi connectivity index (χ2v) is 5.92. The van der Waals surface area contributed by atoms with Crippen molar-refractivity contribution in [2.45, 2.75) is 37.7 Å². The van der Waals surface area contributed by atoms with Crippen LogP contribution in [0.4, 0.5) is 4.79 Å². The first-order valence-electron chi connectivity index (χ1n) is 6.58. The highest BCUT2D eigenvalue weighted by Crippen LogP contribution is 2.60. The maximum atomic E-state index is 11.5. The van der Waals surface area contributed by atoms with Crippen molar-refractivity contribution >= 4 is 6.16 Å². The van der Waals surface area contributed by atoms with Crippen LogP contribution < -0.4 is 0 Å².